The van der Waals surface area contributed by atoms with Gasteiger partial charge in [0.2, 0.25) is 0 Å². The van der Waals surface area contributed by atoms with E-state index >= 15 is 0 Å². The van der Waals surface area contributed by atoms with Gasteiger partial charge in [-0.25, -0.2) is 4.79 Å². The van der Waals surface area contributed by atoms with Crippen LogP contribution in [-0.4, -0.2) is 18.6 Å². The molecule has 0 radical (unpaired) electrons. The molecule has 3 aromatic rings. The average Bonchev–Trinajstić information content (AvgIpc) is 3.57. The lowest BCUT2D eigenvalue weighted by molar-refractivity contribution is -0.146. The molecule has 1 spiro atoms. The lowest BCUT2D eigenvalue weighted by Crippen LogP contribution is -2.56. The third kappa shape index (κ3) is 3.19. The summed E-state index contributed by atoms with van der Waals surface area (Å²) in [4.78, 5) is 13.3. The Morgan fingerprint density at radius 1 is 1.00 bits per heavy atom. The molecule has 1 aliphatic heterocycles. The summed E-state index contributed by atoms with van der Waals surface area (Å²) in [7, 11) is 0. The van der Waals surface area contributed by atoms with Crippen molar-refractivity contribution in [1.29, 1.82) is 0 Å². The van der Waals surface area contributed by atoms with Crippen LogP contribution in [-0.2, 0) is 14.9 Å². The van der Waals surface area contributed by atoms with Crippen molar-refractivity contribution in [3.05, 3.63) is 97.9 Å². The third-order valence-electron chi connectivity index (χ3n) is 6.85. The van der Waals surface area contributed by atoms with E-state index in [-0.39, 0.29) is 11.4 Å². The monoisotopic (exact) mass is 529 g/mol. The summed E-state index contributed by atoms with van der Waals surface area (Å²) in [5, 5.41) is 4.88. The second kappa shape index (κ2) is 8.09. The van der Waals surface area contributed by atoms with Gasteiger partial charge in [0.15, 0.2) is 0 Å². The third-order valence-corrected chi connectivity index (χ3v) is 7.85. The molecular formula is C26H22BrCl2NO2. The summed E-state index contributed by atoms with van der Waals surface area (Å²) < 4.78 is 6.53. The zero-order chi connectivity index (χ0) is 22.5. The van der Waals surface area contributed by atoms with Gasteiger partial charge >= 0.3 is 5.97 Å². The standard InChI is InChI=1S/C26H22BrCl2NO2/c1-2-32-24(31)23-25(13-14-25)26(16-3-8-19(28)9-4-16,17-5-10-20(29)11-6-17)21-15-18(27)7-12-22(21)30-23/h3-12,15,23,30H,2,13-14H2,1H3. The molecular weight excluding hydrogens is 509 g/mol. The first-order valence-electron chi connectivity index (χ1n) is 10.7. The fraction of sp³-hybridized carbons (Fsp3) is 0.269. The predicted octanol–water partition coefficient (Wildman–Crippen LogP) is 7.23. The van der Waals surface area contributed by atoms with Crippen LogP contribution in [0.3, 0.4) is 0 Å². The first-order chi connectivity index (χ1) is 15.4. The van der Waals surface area contributed by atoms with Crippen molar-refractivity contribution in [2.45, 2.75) is 31.2 Å². The van der Waals surface area contributed by atoms with Crippen molar-refractivity contribution < 1.29 is 9.53 Å². The van der Waals surface area contributed by atoms with Gasteiger partial charge in [0.1, 0.15) is 6.04 Å². The largest absolute Gasteiger partial charge is 0.464 e. The topological polar surface area (TPSA) is 38.3 Å². The average molecular weight is 531 g/mol. The van der Waals surface area contributed by atoms with Crippen molar-refractivity contribution in [2.75, 3.05) is 11.9 Å². The molecule has 1 N–H and O–H groups in total. The summed E-state index contributed by atoms with van der Waals surface area (Å²) in [6, 6.07) is 21.7. The highest BCUT2D eigenvalue weighted by atomic mass is 79.9. The molecule has 5 rings (SSSR count). The molecule has 1 saturated carbocycles. The minimum absolute atomic E-state index is 0.217. The van der Waals surface area contributed by atoms with E-state index in [1.807, 2.05) is 43.3 Å². The predicted molar refractivity (Wildman–Crippen MR) is 133 cm³/mol. The smallest absolute Gasteiger partial charge is 0.329 e. The Morgan fingerprint density at radius 3 is 2.06 bits per heavy atom. The zero-order valence-electron chi connectivity index (χ0n) is 17.5. The molecule has 0 aromatic heterocycles. The number of ether oxygens (including phenoxy) is 1. The Hall–Kier alpha value is -2.01. The normalized spacial score (nSPS) is 19.7. The second-order valence-electron chi connectivity index (χ2n) is 8.44. The number of carbonyl (C=O) groups excluding carboxylic acids is 1. The van der Waals surface area contributed by atoms with E-state index in [4.69, 9.17) is 27.9 Å². The summed E-state index contributed by atoms with van der Waals surface area (Å²) >= 11 is 16.2. The number of fused-ring (bicyclic) bond motifs is 1. The molecule has 1 aliphatic carbocycles. The lowest BCUT2D eigenvalue weighted by Gasteiger charge is -2.51. The maximum absolute atomic E-state index is 13.3. The van der Waals surface area contributed by atoms with Gasteiger partial charge in [-0.2, -0.15) is 0 Å². The Labute approximate surface area is 206 Å². The number of esters is 1. The Kier molecular flexibility index (Phi) is 5.51. The molecule has 164 valence electrons. The van der Waals surface area contributed by atoms with Gasteiger partial charge in [-0.3, -0.25) is 0 Å². The van der Waals surface area contributed by atoms with Crippen LogP contribution in [0, 0.1) is 5.41 Å². The lowest BCUT2D eigenvalue weighted by atomic mass is 9.55. The maximum atomic E-state index is 13.3. The molecule has 1 unspecified atom stereocenters. The minimum atomic E-state index is -0.579. The number of rotatable bonds is 4. The first-order valence-corrected chi connectivity index (χ1v) is 12.2. The van der Waals surface area contributed by atoms with Gasteiger partial charge in [-0.1, -0.05) is 63.4 Å². The van der Waals surface area contributed by atoms with Gasteiger partial charge < -0.3 is 10.1 Å². The van der Waals surface area contributed by atoms with Crippen molar-refractivity contribution in [3.8, 4) is 0 Å². The highest BCUT2D eigenvalue weighted by Gasteiger charge is 2.69. The van der Waals surface area contributed by atoms with E-state index in [0.717, 1.165) is 39.7 Å². The van der Waals surface area contributed by atoms with E-state index in [1.54, 1.807) is 0 Å². The van der Waals surface area contributed by atoms with E-state index in [9.17, 15) is 4.79 Å². The Bertz CT molecular complexity index is 1130. The number of anilines is 1. The van der Waals surface area contributed by atoms with Gasteiger partial charge in [0.25, 0.3) is 0 Å². The second-order valence-corrected chi connectivity index (χ2v) is 10.2. The quantitative estimate of drug-likeness (QED) is 0.361. The molecule has 3 aromatic carbocycles. The molecule has 2 aliphatic rings. The number of benzene rings is 3. The number of halogens is 3. The van der Waals surface area contributed by atoms with Gasteiger partial charge in [-0.15, -0.1) is 0 Å². The fourth-order valence-corrected chi connectivity index (χ4v) is 6.10. The van der Waals surface area contributed by atoms with E-state index in [2.05, 4.69) is 51.6 Å². The Balaban J connectivity index is 1.88. The van der Waals surface area contributed by atoms with Crippen LogP contribution in [0.2, 0.25) is 10.0 Å². The summed E-state index contributed by atoms with van der Waals surface area (Å²) in [5.74, 6) is -0.217. The van der Waals surface area contributed by atoms with Crippen molar-refractivity contribution >= 4 is 50.8 Å². The Morgan fingerprint density at radius 2 is 1.56 bits per heavy atom. The van der Waals surface area contributed by atoms with Crippen LogP contribution in [0.15, 0.2) is 71.2 Å². The van der Waals surface area contributed by atoms with Crippen LogP contribution in [0.5, 0.6) is 0 Å². The number of hydrogen-bond donors (Lipinski definition) is 1. The van der Waals surface area contributed by atoms with Gasteiger partial charge in [0.05, 0.1) is 12.0 Å². The van der Waals surface area contributed by atoms with Crippen LogP contribution in [0.1, 0.15) is 36.5 Å². The molecule has 1 fully saturated rings. The summed E-state index contributed by atoms with van der Waals surface area (Å²) in [5.41, 5.74) is 3.27. The molecule has 0 bridgehead atoms. The minimum Gasteiger partial charge on any atom is -0.464 e. The van der Waals surface area contributed by atoms with Crippen molar-refractivity contribution in [2.24, 2.45) is 5.41 Å². The first kappa shape index (κ1) is 21.8. The summed E-state index contributed by atoms with van der Waals surface area (Å²) in [6.07, 6.45) is 1.78. The molecule has 32 heavy (non-hydrogen) atoms. The van der Waals surface area contributed by atoms with E-state index in [1.165, 1.54) is 0 Å². The number of carbonyl (C=O) groups is 1. The molecule has 1 atom stereocenters. The van der Waals surface area contributed by atoms with E-state index in [0.29, 0.717) is 16.7 Å². The van der Waals surface area contributed by atoms with Crippen LogP contribution in [0.4, 0.5) is 5.69 Å². The highest BCUT2D eigenvalue weighted by Crippen LogP contribution is 2.70. The molecule has 0 saturated heterocycles. The van der Waals surface area contributed by atoms with Gasteiger partial charge in [-0.05, 0) is 78.9 Å². The van der Waals surface area contributed by atoms with E-state index < -0.39 is 11.5 Å². The molecule has 6 heteroatoms. The molecule has 1 heterocycles. The highest BCUT2D eigenvalue weighted by molar-refractivity contribution is 9.10. The molecule has 0 amide bonds. The van der Waals surface area contributed by atoms with Crippen molar-refractivity contribution in [3.63, 3.8) is 0 Å². The zero-order valence-corrected chi connectivity index (χ0v) is 20.6. The van der Waals surface area contributed by atoms with Crippen LogP contribution in [0.25, 0.3) is 0 Å². The fourth-order valence-electron chi connectivity index (χ4n) is 5.49. The SMILES string of the molecule is CCOC(=O)C1Nc2ccc(Br)cc2C(c2ccc(Cl)cc2)(c2ccc(Cl)cc2)C12CC2. The van der Waals surface area contributed by atoms with Gasteiger partial charge in [0, 0.05) is 25.6 Å². The van der Waals surface area contributed by atoms with Crippen LogP contribution >= 0.6 is 39.1 Å². The van der Waals surface area contributed by atoms with Crippen LogP contribution < -0.4 is 5.32 Å². The summed E-state index contributed by atoms with van der Waals surface area (Å²) in [6.45, 7) is 2.19. The number of hydrogen-bond acceptors (Lipinski definition) is 3. The van der Waals surface area contributed by atoms with Crippen molar-refractivity contribution in [1.82, 2.24) is 0 Å². The molecule has 3 nitrogen and oxygen atoms in total. The maximum Gasteiger partial charge on any atom is 0.329 e. The number of nitrogens with one attached hydrogen (secondary N) is 1.